The number of imide groups is 1. The fourth-order valence-corrected chi connectivity index (χ4v) is 1.86. The van der Waals surface area contributed by atoms with Crippen molar-refractivity contribution in [2.75, 3.05) is 0 Å². The molecule has 0 bridgehead atoms. The van der Waals surface area contributed by atoms with Crippen molar-refractivity contribution in [3.8, 4) is 0 Å². The molecule has 92 valence electrons. The van der Waals surface area contributed by atoms with E-state index in [-0.39, 0.29) is 17.7 Å². The topological polar surface area (TPSA) is 37.4 Å². The maximum atomic E-state index is 11.9. The lowest BCUT2D eigenvalue weighted by Crippen LogP contribution is -2.29. The summed E-state index contributed by atoms with van der Waals surface area (Å²) in [6.45, 7) is 5.42. The molecule has 2 unspecified atom stereocenters. The van der Waals surface area contributed by atoms with Crippen LogP contribution in [0.2, 0.25) is 0 Å². The van der Waals surface area contributed by atoms with Gasteiger partial charge in [-0.15, -0.1) is 0 Å². The Kier molecular flexibility index (Phi) is 4.75. The number of hydrogen-bond donors (Lipinski definition) is 1. The predicted octanol–water partition coefficient (Wildman–Crippen LogP) is 2.33. The van der Waals surface area contributed by atoms with Crippen molar-refractivity contribution in [2.24, 2.45) is 5.92 Å². The van der Waals surface area contributed by atoms with Crippen molar-refractivity contribution in [1.29, 1.82) is 0 Å². The van der Waals surface area contributed by atoms with E-state index < -0.39 is 5.25 Å². The lowest BCUT2D eigenvalue weighted by atomic mass is 10.1. The molecule has 1 aliphatic rings. The molecule has 1 heterocycles. The van der Waals surface area contributed by atoms with Crippen molar-refractivity contribution in [1.82, 2.24) is 4.90 Å². The molecule has 3 nitrogen and oxygen atoms in total. The summed E-state index contributed by atoms with van der Waals surface area (Å²) in [5.41, 5.74) is 0.599. The van der Waals surface area contributed by atoms with E-state index in [0.717, 1.165) is 0 Å². The summed E-state index contributed by atoms with van der Waals surface area (Å²) >= 11 is 4.17. The zero-order valence-corrected chi connectivity index (χ0v) is 11.1. The SMILES string of the molecule is C\C=C/C=C\C(=C/C)N1C(=O)C(C)C(S)C1=O. The number of allylic oxidation sites excluding steroid dienone is 5. The van der Waals surface area contributed by atoms with Crippen LogP contribution >= 0.6 is 12.6 Å². The van der Waals surface area contributed by atoms with E-state index in [1.807, 2.05) is 19.1 Å². The first kappa shape index (κ1) is 13.8. The third-order valence-corrected chi connectivity index (χ3v) is 3.35. The quantitative estimate of drug-likeness (QED) is 0.475. The largest absolute Gasteiger partial charge is 0.274 e. The molecule has 1 rings (SSSR count). The van der Waals surface area contributed by atoms with Crippen LogP contribution in [-0.4, -0.2) is 22.0 Å². The summed E-state index contributed by atoms with van der Waals surface area (Å²) in [7, 11) is 0. The summed E-state index contributed by atoms with van der Waals surface area (Å²) < 4.78 is 0. The highest BCUT2D eigenvalue weighted by molar-refractivity contribution is 7.82. The van der Waals surface area contributed by atoms with Crippen molar-refractivity contribution in [3.05, 3.63) is 36.1 Å². The van der Waals surface area contributed by atoms with Crippen LogP contribution < -0.4 is 0 Å². The molecule has 0 aliphatic carbocycles. The molecule has 1 aliphatic heterocycles. The zero-order valence-electron chi connectivity index (χ0n) is 10.3. The Morgan fingerprint density at radius 3 is 2.29 bits per heavy atom. The van der Waals surface area contributed by atoms with Crippen LogP contribution in [0.1, 0.15) is 20.8 Å². The van der Waals surface area contributed by atoms with Crippen LogP contribution in [0.25, 0.3) is 0 Å². The molecule has 0 radical (unpaired) electrons. The maximum Gasteiger partial charge on any atom is 0.247 e. The van der Waals surface area contributed by atoms with Crippen LogP contribution in [0.15, 0.2) is 36.1 Å². The van der Waals surface area contributed by atoms with Gasteiger partial charge in [-0.3, -0.25) is 9.59 Å². The molecular formula is C13H17NO2S. The van der Waals surface area contributed by atoms with Gasteiger partial charge in [-0.25, -0.2) is 4.90 Å². The van der Waals surface area contributed by atoms with Crippen LogP contribution in [0.4, 0.5) is 0 Å². The highest BCUT2D eigenvalue weighted by Gasteiger charge is 2.43. The molecule has 0 aromatic carbocycles. The van der Waals surface area contributed by atoms with Gasteiger partial charge in [0, 0.05) is 5.70 Å². The number of thiol groups is 1. The van der Waals surface area contributed by atoms with E-state index in [1.165, 1.54) is 4.90 Å². The van der Waals surface area contributed by atoms with Gasteiger partial charge in [0.05, 0.1) is 11.2 Å². The van der Waals surface area contributed by atoms with Crippen LogP contribution in [0.3, 0.4) is 0 Å². The van der Waals surface area contributed by atoms with E-state index >= 15 is 0 Å². The first-order valence-electron chi connectivity index (χ1n) is 5.56. The average Bonchev–Trinajstić information content (AvgIpc) is 2.51. The molecule has 0 aromatic heterocycles. The summed E-state index contributed by atoms with van der Waals surface area (Å²) in [4.78, 5) is 25.0. The fraction of sp³-hybridized carbons (Fsp3) is 0.385. The Balaban J connectivity index is 2.98. The standard InChI is InChI=1S/C13H17NO2S/c1-4-6-7-8-10(5-2)14-12(15)9(3)11(17)13(14)16/h4-9,11,17H,1-3H3/b6-4-,8-7-,10-5+. The van der Waals surface area contributed by atoms with E-state index in [1.54, 1.807) is 32.1 Å². The number of nitrogens with zero attached hydrogens (tertiary/aromatic N) is 1. The molecule has 0 aromatic rings. The van der Waals surface area contributed by atoms with Gasteiger partial charge < -0.3 is 0 Å². The van der Waals surface area contributed by atoms with E-state index in [2.05, 4.69) is 12.6 Å². The zero-order chi connectivity index (χ0) is 13.0. The molecule has 1 saturated heterocycles. The molecule has 2 amide bonds. The molecule has 2 atom stereocenters. The molecule has 0 saturated carbocycles. The van der Waals surface area contributed by atoms with Crippen molar-refractivity contribution < 1.29 is 9.59 Å². The third kappa shape index (κ3) is 2.69. The Labute approximate surface area is 107 Å². The number of carbonyl (C=O) groups is 2. The summed E-state index contributed by atoms with van der Waals surface area (Å²) in [5, 5.41) is -0.535. The Morgan fingerprint density at radius 2 is 1.88 bits per heavy atom. The number of carbonyl (C=O) groups excluding carboxylic acids is 2. The van der Waals surface area contributed by atoms with Gasteiger partial charge >= 0.3 is 0 Å². The minimum atomic E-state index is -0.535. The minimum absolute atomic E-state index is 0.187. The van der Waals surface area contributed by atoms with Crippen molar-refractivity contribution in [3.63, 3.8) is 0 Å². The van der Waals surface area contributed by atoms with Gasteiger partial charge in [0.15, 0.2) is 0 Å². The number of hydrogen-bond acceptors (Lipinski definition) is 3. The highest BCUT2D eigenvalue weighted by Crippen LogP contribution is 2.27. The number of likely N-dealkylation sites (tertiary alicyclic amines) is 1. The third-order valence-electron chi connectivity index (χ3n) is 2.68. The molecule has 0 spiro atoms. The van der Waals surface area contributed by atoms with Gasteiger partial charge in [0.1, 0.15) is 0 Å². The van der Waals surface area contributed by atoms with E-state index in [0.29, 0.717) is 5.70 Å². The van der Waals surface area contributed by atoms with Gasteiger partial charge in [0.25, 0.3) is 0 Å². The first-order valence-corrected chi connectivity index (χ1v) is 6.07. The summed E-state index contributed by atoms with van der Waals surface area (Å²) in [6, 6.07) is 0. The van der Waals surface area contributed by atoms with Gasteiger partial charge in [-0.2, -0.15) is 12.6 Å². The molecule has 17 heavy (non-hydrogen) atoms. The lowest BCUT2D eigenvalue weighted by molar-refractivity contribution is -0.136. The fourth-order valence-electron chi connectivity index (χ4n) is 1.61. The molecule has 4 heteroatoms. The van der Waals surface area contributed by atoms with Crippen LogP contribution in [-0.2, 0) is 9.59 Å². The van der Waals surface area contributed by atoms with Gasteiger partial charge in [-0.1, -0.05) is 31.2 Å². The molecule has 1 fully saturated rings. The predicted molar refractivity (Wildman–Crippen MR) is 71.5 cm³/mol. The van der Waals surface area contributed by atoms with Crippen LogP contribution in [0.5, 0.6) is 0 Å². The number of amides is 2. The van der Waals surface area contributed by atoms with E-state index in [9.17, 15) is 9.59 Å². The Hall–Kier alpha value is -1.29. The van der Waals surface area contributed by atoms with Crippen LogP contribution in [0, 0.1) is 5.92 Å². The Morgan fingerprint density at radius 1 is 1.24 bits per heavy atom. The highest BCUT2D eigenvalue weighted by atomic mass is 32.1. The maximum absolute atomic E-state index is 11.9. The van der Waals surface area contributed by atoms with Gasteiger partial charge in [0.2, 0.25) is 11.8 Å². The average molecular weight is 251 g/mol. The van der Waals surface area contributed by atoms with Crippen molar-refractivity contribution in [2.45, 2.75) is 26.0 Å². The van der Waals surface area contributed by atoms with Crippen molar-refractivity contribution >= 4 is 24.4 Å². The lowest BCUT2D eigenvalue weighted by Gasteiger charge is -2.15. The summed E-state index contributed by atoms with van der Waals surface area (Å²) in [5.74, 6) is -0.798. The normalized spacial score (nSPS) is 26.8. The monoisotopic (exact) mass is 251 g/mol. The second-order valence-electron chi connectivity index (χ2n) is 3.84. The number of rotatable bonds is 3. The molecule has 0 N–H and O–H groups in total. The Bertz CT molecular complexity index is 390. The van der Waals surface area contributed by atoms with E-state index in [4.69, 9.17) is 0 Å². The minimum Gasteiger partial charge on any atom is -0.274 e. The van der Waals surface area contributed by atoms with Gasteiger partial charge in [-0.05, 0) is 19.9 Å². The smallest absolute Gasteiger partial charge is 0.247 e. The second kappa shape index (κ2) is 5.87. The summed E-state index contributed by atoms with van der Waals surface area (Å²) in [6.07, 6.45) is 9.01. The second-order valence-corrected chi connectivity index (χ2v) is 4.40. The first-order chi connectivity index (χ1) is 8.04. The molecular weight excluding hydrogens is 234 g/mol.